The summed E-state index contributed by atoms with van der Waals surface area (Å²) in [6, 6.07) is 5.16. The van der Waals surface area contributed by atoms with Crippen molar-refractivity contribution >= 4 is 22.9 Å². The van der Waals surface area contributed by atoms with Gasteiger partial charge in [0, 0.05) is 12.1 Å². The van der Waals surface area contributed by atoms with Gasteiger partial charge in [0.05, 0.1) is 17.4 Å². The van der Waals surface area contributed by atoms with Gasteiger partial charge in [-0.3, -0.25) is 9.59 Å². The Kier molecular flexibility index (Phi) is 3.14. The van der Waals surface area contributed by atoms with Crippen LogP contribution in [-0.4, -0.2) is 44.9 Å². The van der Waals surface area contributed by atoms with Crippen molar-refractivity contribution in [2.24, 2.45) is 5.92 Å². The molecule has 2 N–H and O–H groups in total. The van der Waals surface area contributed by atoms with Gasteiger partial charge >= 0.3 is 5.97 Å². The van der Waals surface area contributed by atoms with Crippen LogP contribution in [-0.2, 0) is 4.79 Å². The van der Waals surface area contributed by atoms with Crippen molar-refractivity contribution in [3.63, 3.8) is 0 Å². The molecule has 0 bridgehead atoms. The van der Waals surface area contributed by atoms with Gasteiger partial charge in [-0.25, -0.2) is 4.98 Å². The second-order valence-electron chi connectivity index (χ2n) is 5.16. The average Bonchev–Trinajstić information content (AvgIpc) is 3.11. The standard InChI is InChI=1S/C14H15N3O3/c18-13(19)7-17(6-9-1-2-9)14(20)10-3-4-11-12(5-10)16-8-15-11/h3-5,8-9H,1-2,6-7H2,(H,15,16)(H,18,19). The van der Waals surface area contributed by atoms with E-state index in [1.807, 2.05) is 0 Å². The Bertz CT molecular complexity index is 660. The van der Waals surface area contributed by atoms with Gasteiger partial charge in [-0.2, -0.15) is 0 Å². The predicted octanol–water partition coefficient (Wildman–Crippen LogP) is 1.50. The van der Waals surface area contributed by atoms with E-state index >= 15 is 0 Å². The van der Waals surface area contributed by atoms with Crippen LogP contribution in [0.25, 0.3) is 11.0 Å². The van der Waals surface area contributed by atoms with Crippen LogP contribution in [0.4, 0.5) is 0 Å². The van der Waals surface area contributed by atoms with Crippen molar-refractivity contribution in [3.8, 4) is 0 Å². The van der Waals surface area contributed by atoms with Gasteiger partial charge in [-0.05, 0) is 37.0 Å². The molecule has 0 unspecified atom stereocenters. The minimum atomic E-state index is -0.985. The number of benzene rings is 1. The number of H-pyrrole nitrogens is 1. The molecule has 1 aliphatic rings. The first-order chi connectivity index (χ1) is 9.63. The Balaban J connectivity index is 1.84. The molecule has 0 saturated heterocycles. The molecule has 0 atom stereocenters. The Labute approximate surface area is 115 Å². The van der Waals surface area contributed by atoms with Gasteiger partial charge in [0.1, 0.15) is 6.54 Å². The van der Waals surface area contributed by atoms with Gasteiger partial charge in [-0.1, -0.05) is 0 Å². The van der Waals surface area contributed by atoms with Crippen LogP contribution in [0.15, 0.2) is 24.5 Å². The first-order valence-corrected chi connectivity index (χ1v) is 6.57. The number of nitrogens with one attached hydrogen (secondary N) is 1. The molecule has 0 radical (unpaired) electrons. The first-order valence-electron chi connectivity index (χ1n) is 6.57. The van der Waals surface area contributed by atoms with E-state index in [4.69, 9.17) is 5.11 Å². The maximum atomic E-state index is 12.4. The molecule has 104 valence electrons. The molecule has 1 amide bonds. The highest BCUT2D eigenvalue weighted by molar-refractivity contribution is 5.98. The Morgan fingerprint density at radius 1 is 1.40 bits per heavy atom. The Morgan fingerprint density at radius 2 is 2.20 bits per heavy atom. The van der Waals surface area contributed by atoms with E-state index in [0.29, 0.717) is 18.0 Å². The molecular formula is C14H15N3O3. The van der Waals surface area contributed by atoms with E-state index in [1.165, 1.54) is 4.90 Å². The Hall–Kier alpha value is -2.37. The highest BCUT2D eigenvalue weighted by Gasteiger charge is 2.28. The van der Waals surface area contributed by atoms with Crippen molar-refractivity contribution < 1.29 is 14.7 Å². The van der Waals surface area contributed by atoms with Crippen molar-refractivity contribution in [1.82, 2.24) is 14.9 Å². The summed E-state index contributed by atoms with van der Waals surface area (Å²) in [4.78, 5) is 31.8. The fourth-order valence-electron chi connectivity index (χ4n) is 2.25. The van der Waals surface area contributed by atoms with Crippen LogP contribution in [0.3, 0.4) is 0 Å². The fraction of sp³-hybridized carbons (Fsp3) is 0.357. The molecule has 1 aliphatic carbocycles. The lowest BCUT2D eigenvalue weighted by atomic mass is 10.1. The molecule has 6 heteroatoms. The Morgan fingerprint density at radius 3 is 2.90 bits per heavy atom. The zero-order chi connectivity index (χ0) is 14.1. The number of carboxylic acid groups (broad SMARTS) is 1. The maximum Gasteiger partial charge on any atom is 0.323 e. The van der Waals surface area contributed by atoms with Gasteiger partial charge < -0.3 is 15.0 Å². The summed E-state index contributed by atoms with van der Waals surface area (Å²) in [5.41, 5.74) is 2.05. The lowest BCUT2D eigenvalue weighted by molar-refractivity contribution is -0.137. The fourth-order valence-corrected chi connectivity index (χ4v) is 2.25. The highest BCUT2D eigenvalue weighted by atomic mass is 16.4. The number of carbonyl (C=O) groups is 2. The van der Waals surface area contributed by atoms with Gasteiger partial charge in [0.2, 0.25) is 0 Å². The predicted molar refractivity (Wildman–Crippen MR) is 72.4 cm³/mol. The molecule has 20 heavy (non-hydrogen) atoms. The lowest BCUT2D eigenvalue weighted by Gasteiger charge is -2.20. The zero-order valence-electron chi connectivity index (χ0n) is 10.9. The molecule has 1 heterocycles. The third-order valence-electron chi connectivity index (χ3n) is 3.46. The van der Waals surface area contributed by atoms with Crippen LogP contribution in [0, 0.1) is 5.92 Å². The second-order valence-corrected chi connectivity index (χ2v) is 5.16. The van der Waals surface area contributed by atoms with E-state index in [-0.39, 0.29) is 12.5 Å². The third kappa shape index (κ3) is 2.64. The minimum absolute atomic E-state index is 0.240. The summed E-state index contributed by atoms with van der Waals surface area (Å²) >= 11 is 0. The number of hydrogen-bond acceptors (Lipinski definition) is 3. The topological polar surface area (TPSA) is 86.3 Å². The summed E-state index contributed by atoms with van der Waals surface area (Å²) in [6.07, 6.45) is 3.71. The minimum Gasteiger partial charge on any atom is -0.480 e. The van der Waals surface area contributed by atoms with E-state index in [9.17, 15) is 9.59 Å². The molecule has 2 aromatic rings. The molecule has 3 rings (SSSR count). The van der Waals surface area contributed by atoms with Crippen molar-refractivity contribution in [3.05, 3.63) is 30.1 Å². The summed E-state index contributed by atoms with van der Waals surface area (Å²) < 4.78 is 0. The molecule has 6 nitrogen and oxygen atoms in total. The van der Waals surface area contributed by atoms with Gasteiger partial charge in [0.25, 0.3) is 5.91 Å². The number of nitrogens with zero attached hydrogens (tertiary/aromatic N) is 2. The summed E-state index contributed by atoms with van der Waals surface area (Å²) in [6.45, 7) is 0.266. The van der Waals surface area contributed by atoms with Crippen molar-refractivity contribution in [2.75, 3.05) is 13.1 Å². The van der Waals surface area contributed by atoms with Gasteiger partial charge in [0.15, 0.2) is 0 Å². The van der Waals surface area contributed by atoms with E-state index in [2.05, 4.69) is 9.97 Å². The maximum absolute atomic E-state index is 12.4. The van der Waals surface area contributed by atoms with Crippen LogP contribution in [0.1, 0.15) is 23.2 Å². The molecule has 1 aromatic carbocycles. The van der Waals surface area contributed by atoms with Crippen LogP contribution < -0.4 is 0 Å². The van der Waals surface area contributed by atoms with Crippen LogP contribution >= 0.6 is 0 Å². The second kappa shape index (κ2) is 4.96. The number of aromatic nitrogens is 2. The van der Waals surface area contributed by atoms with Crippen molar-refractivity contribution in [1.29, 1.82) is 0 Å². The van der Waals surface area contributed by atoms with E-state index in [1.54, 1.807) is 24.5 Å². The number of carboxylic acids is 1. The number of rotatable bonds is 5. The number of hydrogen-bond donors (Lipinski definition) is 2. The van der Waals surface area contributed by atoms with Crippen LogP contribution in [0.2, 0.25) is 0 Å². The number of fused-ring (bicyclic) bond motifs is 1. The third-order valence-corrected chi connectivity index (χ3v) is 3.46. The number of imidazole rings is 1. The number of aliphatic carboxylic acids is 1. The largest absolute Gasteiger partial charge is 0.480 e. The molecule has 1 saturated carbocycles. The van der Waals surface area contributed by atoms with Crippen molar-refractivity contribution in [2.45, 2.75) is 12.8 Å². The highest BCUT2D eigenvalue weighted by Crippen LogP contribution is 2.30. The number of carbonyl (C=O) groups excluding carboxylic acids is 1. The SMILES string of the molecule is O=C(O)CN(CC1CC1)C(=O)c1ccc2nc[nH]c2c1. The monoisotopic (exact) mass is 273 g/mol. The molecule has 1 fully saturated rings. The molecule has 1 aromatic heterocycles. The van der Waals surface area contributed by atoms with Gasteiger partial charge in [-0.15, -0.1) is 0 Å². The molecular weight excluding hydrogens is 258 g/mol. The number of aromatic amines is 1. The quantitative estimate of drug-likeness (QED) is 0.864. The van der Waals surface area contributed by atoms with E-state index < -0.39 is 5.97 Å². The van der Waals surface area contributed by atoms with E-state index in [0.717, 1.165) is 23.9 Å². The smallest absolute Gasteiger partial charge is 0.323 e. The number of amides is 1. The summed E-state index contributed by atoms with van der Waals surface area (Å²) in [5, 5.41) is 8.94. The first kappa shape index (κ1) is 12.7. The lowest BCUT2D eigenvalue weighted by Crippen LogP contribution is -2.37. The molecule has 0 spiro atoms. The average molecular weight is 273 g/mol. The zero-order valence-corrected chi connectivity index (χ0v) is 10.9. The summed E-state index contributed by atoms with van der Waals surface area (Å²) in [7, 11) is 0. The summed E-state index contributed by atoms with van der Waals surface area (Å²) in [5.74, 6) is -0.772. The molecule has 0 aliphatic heterocycles. The normalized spacial score (nSPS) is 14.4. The van der Waals surface area contributed by atoms with Crippen LogP contribution in [0.5, 0.6) is 0 Å².